The minimum Gasteiger partial charge on any atom is -0.491 e. The fourth-order valence-electron chi connectivity index (χ4n) is 2.66. The molecule has 0 amide bonds. The number of hydrogen-bond donors (Lipinski definition) is 1. The molecular weight excluding hydrogens is 478 g/mol. The summed E-state index contributed by atoms with van der Waals surface area (Å²) < 4.78 is 43.7. The zero-order valence-electron chi connectivity index (χ0n) is 21.3. The van der Waals surface area contributed by atoms with Gasteiger partial charge in [0.25, 0.3) is 5.69 Å². The molecule has 1 N–H and O–H groups in total. The summed E-state index contributed by atoms with van der Waals surface area (Å²) in [6.07, 6.45) is -0.133. The first-order valence-electron chi connectivity index (χ1n) is 12.1. The van der Waals surface area contributed by atoms with E-state index in [9.17, 15) is 10.1 Å². The molecule has 0 aliphatic rings. The summed E-state index contributed by atoms with van der Waals surface area (Å²) in [5.74, 6) is 0.555. The van der Waals surface area contributed by atoms with Crippen molar-refractivity contribution in [2.24, 2.45) is 0 Å². The predicted molar refractivity (Wildman–Crippen MR) is 131 cm³/mol. The van der Waals surface area contributed by atoms with Crippen LogP contribution in [-0.4, -0.2) is 115 Å². The Hall–Kier alpha value is -1.90. The van der Waals surface area contributed by atoms with Crippen molar-refractivity contribution >= 4 is 5.69 Å². The van der Waals surface area contributed by atoms with Crippen LogP contribution in [0.2, 0.25) is 0 Å². The van der Waals surface area contributed by atoms with E-state index in [2.05, 4.69) is 0 Å². The lowest BCUT2D eigenvalue weighted by Gasteiger charge is -2.18. The van der Waals surface area contributed by atoms with Crippen LogP contribution in [0.4, 0.5) is 5.69 Å². The molecule has 0 heterocycles. The minimum absolute atomic E-state index is 0.0168. The Kier molecular flexibility index (Phi) is 19.9. The van der Waals surface area contributed by atoms with Gasteiger partial charge in [0.2, 0.25) is 0 Å². The smallest absolute Gasteiger partial charge is 0.269 e. The van der Waals surface area contributed by atoms with Crippen molar-refractivity contribution in [3.63, 3.8) is 0 Å². The van der Waals surface area contributed by atoms with Crippen molar-refractivity contribution in [2.75, 3.05) is 92.5 Å². The largest absolute Gasteiger partial charge is 0.491 e. The first-order valence-corrected chi connectivity index (χ1v) is 12.1. The highest BCUT2D eigenvalue weighted by molar-refractivity contribution is 5.35. The molecule has 1 aromatic rings. The number of nitro groups is 1. The van der Waals surface area contributed by atoms with Crippen molar-refractivity contribution in [1.29, 1.82) is 0 Å². The van der Waals surface area contributed by atoms with E-state index >= 15 is 0 Å². The fourth-order valence-corrected chi connectivity index (χ4v) is 2.66. The van der Waals surface area contributed by atoms with Crippen LogP contribution >= 0.6 is 0 Å². The number of aliphatic hydroxyl groups excluding tert-OH is 1. The van der Waals surface area contributed by atoms with E-state index in [1.807, 2.05) is 13.8 Å². The maximum Gasteiger partial charge on any atom is 0.269 e. The lowest BCUT2D eigenvalue weighted by atomic mass is 10.3. The molecule has 0 radical (unpaired) electrons. The maximum atomic E-state index is 10.6. The lowest BCUT2D eigenvalue weighted by molar-refractivity contribution is -0.384. The second-order valence-corrected chi connectivity index (χ2v) is 7.67. The zero-order chi connectivity index (χ0) is 26.3. The van der Waals surface area contributed by atoms with Gasteiger partial charge in [0.05, 0.1) is 103 Å². The van der Waals surface area contributed by atoms with Crippen molar-refractivity contribution in [3.05, 3.63) is 34.4 Å². The van der Waals surface area contributed by atoms with Crippen LogP contribution in [0.25, 0.3) is 0 Å². The second kappa shape index (κ2) is 22.3. The highest BCUT2D eigenvalue weighted by Gasteiger charge is 2.08. The molecule has 12 heteroatoms. The van der Waals surface area contributed by atoms with Crippen molar-refractivity contribution in [1.82, 2.24) is 0 Å². The number of hydrogen-bond acceptors (Lipinski definition) is 11. The van der Waals surface area contributed by atoms with Crippen molar-refractivity contribution in [2.45, 2.75) is 26.1 Å². The molecule has 2 unspecified atom stereocenters. The Bertz CT molecular complexity index is 647. The number of benzene rings is 1. The van der Waals surface area contributed by atoms with Gasteiger partial charge in [0, 0.05) is 12.1 Å². The standard InChI is InChI=1S/C24H41NO11/c1-21(36-20-22(2)34-17-15-31-12-11-30-10-9-29-8-7-26)19-33-14-13-32-16-18-35-24-5-3-23(4-6-24)25(27)28/h3-6,21-22,26H,7-20H2,1-2H3. The van der Waals surface area contributed by atoms with E-state index in [1.54, 1.807) is 12.1 Å². The van der Waals surface area contributed by atoms with E-state index in [0.29, 0.717) is 91.6 Å². The molecule has 0 saturated heterocycles. The van der Waals surface area contributed by atoms with E-state index in [1.165, 1.54) is 12.1 Å². The molecule has 1 aromatic carbocycles. The fraction of sp³-hybridized carbons (Fsp3) is 0.750. The molecule has 2 atom stereocenters. The van der Waals surface area contributed by atoms with Gasteiger partial charge in [-0.3, -0.25) is 10.1 Å². The number of rotatable bonds is 25. The molecule has 0 saturated carbocycles. The van der Waals surface area contributed by atoms with Gasteiger partial charge >= 0.3 is 0 Å². The summed E-state index contributed by atoms with van der Waals surface area (Å²) in [5.41, 5.74) is 0.0254. The van der Waals surface area contributed by atoms with Crippen molar-refractivity contribution < 1.29 is 47.9 Å². The Morgan fingerprint density at radius 2 is 1.19 bits per heavy atom. The van der Waals surface area contributed by atoms with Crippen LogP contribution in [0.1, 0.15) is 13.8 Å². The first kappa shape index (κ1) is 32.1. The van der Waals surface area contributed by atoms with E-state index in [4.69, 9.17) is 43.0 Å². The third-order valence-corrected chi connectivity index (χ3v) is 4.49. The van der Waals surface area contributed by atoms with E-state index in [-0.39, 0.29) is 24.5 Å². The van der Waals surface area contributed by atoms with Crippen LogP contribution in [0.15, 0.2) is 24.3 Å². The lowest BCUT2D eigenvalue weighted by Crippen LogP contribution is -2.25. The summed E-state index contributed by atoms with van der Waals surface area (Å²) >= 11 is 0. The van der Waals surface area contributed by atoms with Crippen molar-refractivity contribution in [3.8, 4) is 5.75 Å². The number of nitrogens with zero attached hydrogens (tertiary/aromatic N) is 1. The molecule has 0 aromatic heterocycles. The van der Waals surface area contributed by atoms with Gasteiger partial charge < -0.3 is 43.0 Å². The minimum atomic E-state index is -0.453. The molecule has 0 aliphatic carbocycles. The van der Waals surface area contributed by atoms with Gasteiger partial charge in [0.15, 0.2) is 0 Å². The molecule has 36 heavy (non-hydrogen) atoms. The summed E-state index contributed by atoms with van der Waals surface area (Å²) in [7, 11) is 0. The van der Waals surface area contributed by atoms with Gasteiger partial charge in [-0.15, -0.1) is 0 Å². The number of aliphatic hydroxyl groups is 1. The zero-order valence-corrected chi connectivity index (χ0v) is 21.3. The SMILES string of the molecule is CC(COCCOCCOc1ccc([N+](=O)[O-])cc1)OCC(C)OCCOCCOCCOCCO. The third kappa shape index (κ3) is 18.4. The van der Waals surface area contributed by atoms with Gasteiger partial charge in [-0.1, -0.05) is 0 Å². The van der Waals surface area contributed by atoms with E-state index in [0.717, 1.165) is 0 Å². The molecule has 208 valence electrons. The summed E-state index contributed by atoms with van der Waals surface area (Å²) in [4.78, 5) is 10.2. The summed E-state index contributed by atoms with van der Waals surface area (Å²) in [6, 6.07) is 5.91. The Morgan fingerprint density at radius 1 is 0.694 bits per heavy atom. The van der Waals surface area contributed by atoms with Crippen LogP contribution in [0, 0.1) is 10.1 Å². The highest BCUT2D eigenvalue weighted by atomic mass is 16.6. The predicted octanol–water partition coefficient (Wildman–Crippen LogP) is 1.86. The van der Waals surface area contributed by atoms with Crippen LogP contribution in [0.5, 0.6) is 5.75 Å². The monoisotopic (exact) mass is 519 g/mol. The average Bonchev–Trinajstić information content (AvgIpc) is 2.87. The summed E-state index contributed by atoms with van der Waals surface area (Å²) in [5, 5.41) is 19.2. The summed E-state index contributed by atoms with van der Waals surface area (Å²) in [6.45, 7) is 9.58. The molecule has 1 rings (SSSR count). The van der Waals surface area contributed by atoms with Crippen LogP contribution in [-0.2, 0) is 33.2 Å². The number of nitro benzene ring substituents is 1. The maximum absolute atomic E-state index is 10.6. The van der Waals surface area contributed by atoms with Gasteiger partial charge in [-0.2, -0.15) is 0 Å². The molecule has 0 fully saturated rings. The highest BCUT2D eigenvalue weighted by Crippen LogP contribution is 2.17. The Balaban J connectivity index is 1.86. The van der Waals surface area contributed by atoms with Gasteiger partial charge in [-0.05, 0) is 26.0 Å². The quantitative estimate of drug-likeness (QED) is 0.115. The number of ether oxygens (including phenoxy) is 8. The topological polar surface area (TPSA) is 137 Å². The van der Waals surface area contributed by atoms with Gasteiger partial charge in [0.1, 0.15) is 12.4 Å². The van der Waals surface area contributed by atoms with E-state index < -0.39 is 4.92 Å². The normalized spacial score (nSPS) is 13.0. The molecule has 12 nitrogen and oxygen atoms in total. The first-order chi connectivity index (χ1) is 17.5. The molecule has 0 aliphatic heterocycles. The molecule has 0 bridgehead atoms. The van der Waals surface area contributed by atoms with Crippen LogP contribution in [0.3, 0.4) is 0 Å². The molecule has 0 spiro atoms. The molecular formula is C24H41NO11. The second-order valence-electron chi connectivity index (χ2n) is 7.67. The average molecular weight is 520 g/mol. The third-order valence-electron chi connectivity index (χ3n) is 4.49. The van der Waals surface area contributed by atoms with Gasteiger partial charge in [-0.25, -0.2) is 0 Å². The number of non-ortho nitro benzene ring substituents is 1. The Labute approximate surface area is 212 Å². The Morgan fingerprint density at radius 3 is 1.78 bits per heavy atom. The van der Waals surface area contributed by atoms with Crippen LogP contribution < -0.4 is 4.74 Å².